The fourth-order valence-corrected chi connectivity index (χ4v) is 3.16. The molecule has 0 atom stereocenters. The van der Waals surface area contributed by atoms with Crippen molar-refractivity contribution in [2.75, 3.05) is 31.5 Å². The molecule has 0 spiro atoms. The summed E-state index contributed by atoms with van der Waals surface area (Å²) in [5.74, 6) is 0.142. The fourth-order valence-electron chi connectivity index (χ4n) is 3.16. The molecule has 3 rings (SSSR count). The van der Waals surface area contributed by atoms with Gasteiger partial charge in [-0.25, -0.2) is 0 Å². The van der Waals surface area contributed by atoms with Gasteiger partial charge in [0, 0.05) is 38.8 Å². The maximum atomic E-state index is 12.5. The first-order valence-corrected chi connectivity index (χ1v) is 7.98. The monoisotopic (exact) mass is 315 g/mol. The molecule has 3 amide bonds. The van der Waals surface area contributed by atoms with Gasteiger partial charge in [-0.3, -0.25) is 14.4 Å². The van der Waals surface area contributed by atoms with E-state index in [1.165, 1.54) is 0 Å². The van der Waals surface area contributed by atoms with E-state index in [1.807, 2.05) is 23.1 Å². The summed E-state index contributed by atoms with van der Waals surface area (Å²) in [6.45, 7) is 4.16. The second kappa shape index (κ2) is 6.40. The van der Waals surface area contributed by atoms with Crippen molar-refractivity contribution in [2.24, 2.45) is 0 Å². The number of nitrogens with one attached hydrogen (secondary N) is 1. The van der Waals surface area contributed by atoms with Crippen molar-refractivity contribution < 1.29 is 14.4 Å². The lowest BCUT2D eigenvalue weighted by atomic mass is 10.1. The predicted molar refractivity (Wildman–Crippen MR) is 85.9 cm³/mol. The molecular formula is C17H21N3O3. The summed E-state index contributed by atoms with van der Waals surface area (Å²) in [6.07, 6.45) is 1.53. The Labute approximate surface area is 135 Å². The van der Waals surface area contributed by atoms with Crippen LogP contribution in [0.25, 0.3) is 0 Å². The number of hydrogen-bond acceptors (Lipinski definition) is 3. The maximum Gasteiger partial charge on any atom is 0.228 e. The van der Waals surface area contributed by atoms with Gasteiger partial charge >= 0.3 is 0 Å². The Morgan fingerprint density at radius 2 is 1.87 bits per heavy atom. The molecule has 2 aliphatic rings. The zero-order valence-corrected chi connectivity index (χ0v) is 13.3. The standard InChI is InChI=1S/C17H21N3O3/c1-12(21)19-5-2-6-20(8-7-19)17(23)10-13-3-4-15-14(9-13)11-16(22)18-15/h3-4,9H,2,5-8,10-11H2,1H3,(H,18,22). The molecule has 0 radical (unpaired) electrons. The molecule has 122 valence electrons. The highest BCUT2D eigenvalue weighted by Crippen LogP contribution is 2.24. The molecule has 0 bridgehead atoms. The van der Waals surface area contributed by atoms with Crippen LogP contribution in [0.3, 0.4) is 0 Å². The predicted octanol–water partition coefficient (Wildman–Crippen LogP) is 0.804. The summed E-state index contributed by atoms with van der Waals surface area (Å²) in [5.41, 5.74) is 2.73. The molecule has 6 heteroatoms. The Kier molecular flexibility index (Phi) is 4.32. The van der Waals surface area contributed by atoms with Crippen molar-refractivity contribution in [3.63, 3.8) is 0 Å². The second-order valence-corrected chi connectivity index (χ2v) is 6.13. The number of anilines is 1. The first-order chi connectivity index (χ1) is 11.0. The summed E-state index contributed by atoms with van der Waals surface area (Å²) in [5, 5.41) is 2.79. The van der Waals surface area contributed by atoms with Crippen molar-refractivity contribution in [1.29, 1.82) is 0 Å². The molecule has 1 aromatic carbocycles. The Hall–Kier alpha value is -2.37. The zero-order valence-electron chi connectivity index (χ0n) is 13.3. The molecule has 1 saturated heterocycles. The van der Waals surface area contributed by atoms with Crippen LogP contribution in [0, 0.1) is 0 Å². The highest BCUT2D eigenvalue weighted by Gasteiger charge is 2.22. The Balaban J connectivity index is 1.62. The molecular weight excluding hydrogens is 294 g/mol. The Morgan fingerprint density at radius 3 is 2.65 bits per heavy atom. The number of carbonyl (C=O) groups is 3. The van der Waals surface area contributed by atoms with Gasteiger partial charge in [-0.2, -0.15) is 0 Å². The van der Waals surface area contributed by atoms with Gasteiger partial charge in [-0.05, 0) is 23.6 Å². The van der Waals surface area contributed by atoms with Crippen molar-refractivity contribution in [3.05, 3.63) is 29.3 Å². The molecule has 0 saturated carbocycles. The molecule has 1 aromatic rings. The van der Waals surface area contributed by atoms with E-state index in [0.717, 1.165) is 23.2 Å². The lowest BCUT2D eigenvalue weighted by molar-refractivity contribution is -0.132. The van der Waals surface area contributed by atoms with Crippen LogP contribution >= 0.6 is 0 Å². The van der Waals surface area contributed by atoms with Crippen LogP contribution in [0.2, 0.25) is 0 Å². The van der Waals surface area contributed by atoms with Crippen LogP contribution in [-0.4, -0.2) is 53.7 Å². The average Bonchev–Trinajstić information content (AvgIpc) is 2.72. The number of nitrogens with zero attached hydrogens (tertiary/aromatic N) is 2. The van der Waals surface area contributed by atoms with Crippen molar-refractivity contribution >= 4 is 23.4 Å². The minimum atomic E-state index is 0.000295. The highest BCUT2D eigenvalue weighted by molar-refractivity contribution is 5.99. The number of rotatable bonds is 2. The summed E-state index contributed by atoms with van der Waals surface area (Å²) in [7, 11) is 0. The third-order valence-electron chi connectivity index (χ3n) is 4.44. The molecule has 0 aromatic heterocycles. The number of benzene rings is 1. The molecule has 2 aliphatic heterocycles. The summed E-state index contributed by atoms with van der Waals surface area (Å²) in [6, 6.07) is 5.69. The molecule has 1 fully saturated rings. The van der Waals surface area contributed by atoms with Gasteiger partial charge in [0.25, 0.3) is 0 Å². The van der Waals surface area contributed by atoms with Gasteiger partial charge in [0.05, 0.1) is 12.8 Å². The van der Waals surface area contributed by atoms with Crippen molar-refractivity contribution in [1.82, 2.24) is 9.80 Å². The molecule has 23 heavy (non-hydrogen) atoms. The van der Waals surface area contributed by atoms with E-state index >= 15 is 0 Å². The summed E-state index contributed by atoms with van der Waals surface area (Å²) < 4.78 is 0. The quantitative estimate of drug-likeness (QED) is 0.878. The van der Waals surface area contributed by atoms with Gasteiger partial charge in [-0.1, -0.05) is 12.1 Å². The fraction of sp³-hybridized carbons (Fsp3) is 0.471. The van der Waals surface area contributed by atoms with Crippen molar-refractivity contribution in [2.45, 2.75) is 26.2 Å². The lowest BCUT2D eigenvalue weighted by Gasteiger charge is -2.21. The summed E-state index contributed by atoms with van der Waals surface area (Å²) in [4.78, 5) is 39.0. The molecule has 0 aliphatic carbocycles. The third-order valence-corrected chi connectivity index (χ3v) is 4.44. The third kappa shape index (κ3) is 3.52. The normalized spacial score (nSPS) is 17.5. The van der Waals surface area contributed by atoms with E-state index in [4.69, 9.17) is 0 Å². The number of fused-ring (bicyclic) bond motifs is 1. The molecule has 2 heterocycles. The van der Waals surface area contributed by atoms with Crippen LogP contribution in [0.5, 0.6) is 0 Å². The Bertz CT molecular complexity index is 656. The van der Waals surface area contributed by atoms with Crippen LogP contribution in [0.15, 0.2) is 18.2 Å². The SMILES string of the molecule is CC(=O)N1CCCN(C(=O)Cc2ccc3c(c2)CC(=O)N3)CC1. The van der Waals surface area contributed by atoms with Gasteiger partial charge in [0.15, 0.2) is 0 Å². The van der Waals surface area contributed by atoms with E-state index in [0.29, 0.717) is 39.0 Å². The lowest BCUT2D eigenvalue weighted by Crippen LogP contribution is -2.37. The highest BCUT2D eigenvalue weighted by atomic mass is 16.2. The van der Waals surface area contributed by atoms with Crippen LogP contribution in [0.1, 0.15) is 24.5 Å². The van der Waals surface area contributed by atoms with Gasteiger partial charge in [-0.15, -0.1) is 0 Å². The number of amides is 3. The minimum absolute atomic E-state index is 0.000295. The molecule has 6 nitrogen and oxygen atoms in total. The second-order valence-electron chi connectivity index (χ2n) is 6.13. The maximum absolute atomic E-state index is 12.5. The van der Waals surface area contributed by atoms with Crippen molar-refractivity contribution in [3.8, 4) is 0 Å². The van der Waals surface area contributed by atoms with Gasteiger partial charge in [0.2, 0.25) is 17.7 Å². The minimum Gasteiger partial charge on any atom is -0.341 e. The summed E-state index contributed by atoms with van der Waals surface area (Å²) >= 11 is 0. The zero-order chi connectivity index (χ0) is 16.4. The smallest absolute Gasteiger partial charge is 0.228 e. The van der Waals surface area contributed by atoms with E-state index < -0.39 is 0 Å². The van der Waals surface area contributed by atoms with E-state index in [1.54, 1.807) is 11.8 Å². The Morgan fingerprint density at radius 1 is 1.13 bits per heavy atom. The van der Waals surface area contributed by atoms with E-state index in [2.05, 4.69) is 5.32 Å². The van der Waals surface area contributed by atoms with Gasteiger partial charge < -0.3 is 15.1 Å². The first-order valence-electron chi connectivity index (χ1n) is 7.98. The molecule has 0 unspecified atom stereocenters. The number of carbonyl (C=O) groups excluding carboxylic acids is 3. The average molecular weight is 315 g/mol. The molecule has 1 N–H and O–H groups in total. The van der Waals surface area contributed by atoms with E-state index in [-0.39, 0.29) is 17.7 Å². The largest absolute Gasteiger partial charge is 0.341 e. The van der Waals surface area contributed by atoms with Gasteiger partial charge in [0.1, 0.15) is 0 Å². The van der Waals surface area contributed by atoms with Crippen LogP contribution < -0.4 is 5.32 Å². The van der Waals surface area contributed by atoms with Crippen LogP contribution in [-0.2, 0) is 27.2 Å². The van der Waals surface area contributed by atoms with Crippen LogP contribution in [0.4, 0.5) is 5.69 Å². The first kappa shape index (κ1) is 15.5. The van der Waals surface area contributed by atoms with E-state index in [9.17, 15) is 14.4 Å². The number of hydrogen-bond donors (Lipinski definition) is 1. The topological polar surface area (TPSA) is 69.7 Å².